The number of hydrogen-bond donors (Lipinski definition) is 2. The number of halogens is 1. The van der Waals surface area contributed by atoms with Crippen LogP contribution in [0.15, 0.2) is 57.9 Å². The number of carbonyl (C=O) groups excluding carboxylic acids is 1. The third kappa shape index (κ3) is 4.49. The second kappa shape index (κ2) is 7.86. The minimum absolute atomic E-state index is 0.00867. The van der Waals surface area contributed by atoms with E-state index in [0.29, 0.717) is 17.8 Å². The smallest absolute Gasteiger partial charge is 0.255 e. The average molecular weight is 463 g/mol. The van der Waals surface area contributed by atoms with Gasteiger partial charge in [0.2, 0.25) is 10.0 Å². The van der Waals surface area contributed by atoms with Crippen LogP contribution in [-0.4, -0.2) is 24.1 Å². The first-order valence-corrected chi connectivity index (χ1v) is 10.7. The highest BCUT2D eigenvalue weighted by Gasteiger charge is 2.11. The van der Waals surface area contributed by atoms with Gasteiger partial charge in [0, 0.05) is 11.3 Å². The van der Waals surface area contributed by atoms with Crippen LogP contribution in [0.3, 0.4) is 0 Å². The number of nitrogens with zero attached hydrogens (tertiary/aromatic N) is 2. The third-order valence-corrected chi connectivity index (χ3v) is 6.36. The van der Waals surface area contributed by atoms with Gasteiger partial charge in [0.15, 0.2) is 0 Å². The Bertz CT molecular complexity index is 1120. The lowest BCUT2D eigenvalue weighted by atomic mass is 10.1. The minimum Gasteiger partial charge on any atom is -0.322 e. The Morgan fingerprint density at radius 3 is 2.21 bits per heavy atom. The highest BCUT2D eigenvalue weighted by Crippen LogP contribution is 2.21. The lowest BCUT2D eigenvalue weighted by Gasteiger charge is -2.08. The van der Waals surface area contributed by atoms with Crippen LogP contribution in [0.2, 0.25) is 0 Å². The zero-order valence-electron chi connectivity index (χ0n) is 15.3. The van der Waals surface area contributed by atoms with E-state index in [0.717, 1.165) is 21.4 Å². The number of rotatable bonds is 5. The fourth-order valence-electron chi connectivity index (χ4n) is 2.69. The second-order valence-corrected chi connectivity index (χ2v) is 8.72. The first-order valence-electron chi connectivity index (χ1n) is 8.38. The number of sulfonamides is 1. The summed E-state index contributed by atoms with van der Waals surface area (Å²) in [5.41, 5.74) is 3.97. The minimum atomic E-state index is -3.76. The van der Waals surface area contributed by atoms with Crippen LogP contribution in [0.4, 0.5) is 5.69 Å². The number of benzene rings is 2. The lowest BCUT2D eigenvalue weighted by Crippen LogP contribution is -2.14. The summed E-state index contributed by atoms with van der Waals surface area (Å²) in [4.78, 5) is 12.4. The Morgan fingerprint density at radius 2 is 1.71 bits per heavy atom. The van der Waals surface area contributed by atoms with Crippen molar-refractivity contribution in [3.8, 4) is 0 Å². The van der Waals surface area contributed by atoms with Crippen molar-refractivity contribution in [2.75, 3.05) is 5.32 Å². The molecular weight excluding hydrogens is 444 g/mol. The monoisotopic (exact) mass is 462 g/mol. The molecule has 1 aromatic heterocycles. The summed E-state index contributed by atoms with van der Waals surface area (Å²) < 4.78 is 25.4. The number of hydrogen-bond acceptors (Lipinski definition) is 4. The van der Waals surface area contributed by atoms with Gasteiger partial charge in [0.25, 0.3) is 5.91 Å². The van der Waals surface area contributed by atoms with E-state index >= 15 is 0 Å². The lowest BCUT2D eigenvalue weighted by molar-refractivity contribution is 0.102. The predicted molar refractivity (Wildman–Crippen MR) is 111 cm³/mol. The van der Waals surface area contributed by atoms with Crippen molar-refractivity contribution < 1.29 is 13.2 Å². The predicted octanol–water partition coefficient (Wildman–Crippen LogP) is 3.21. The van der Waals surface area contributed by atoms with Crippen LogP contribution in [0.25, 0.3) is 0 Å². The van der Waals surface area contributed by atoms with Crippen molar-refractivity contribution in [3.05, 3.63) is 75.5 Å². The molecule has 0 aliphatic heterocycles. The second-order valence-electron chi connectivity index (χ2n) is 6.36. The molecule has 1 amide bonds. The Morgan fingerprint density at radius 1 is 1.11 bits per heavy atom. The van der Waals surface area contributed by atoms with Crippen LogP contribution >= 0.6 is 15.9 Å². The molecule has 28 heavy (non-hydrogen) atoms. The Kier molecular flexibility index (Phi) is 5.69. The molecule has 0 saturated carbocycles. The molecule has 3 aromatic rings. The molecule has 2 aromatic carbocycles. The maximum absolute atomic E-state index is 12.4. The molecule has 0 radical (unpaired) electrons. The molecule has 0 aliphatic rings. The van der Waals surface area contributed by atoms with Gasteiger partial charge in [-0.2, -0.15) is 5.10 Å². The van der Waals surface area contributed by atoms with E-state index in [1.54, 1.807) is 12.1 Å². The molecule has 0 bridgehead atoms. The number of nitrogens with two attached hydrogens (primary N) is 1. The zero-order valence-corrected chi connectivity index (χ0v) is 17.7. The molecule has 146 valence electrons. The van der Waals surface area contributed by atoms with Gasteiger partial charge in [-0.1, -0.05) is 12.1 Å². The molecule has 0 aliphatic carbocycles. The molecule has 0 spiro atoms. The number of amides is 1. The topological polar surface area (TPSA) is 107 Å². The first-order chi connectivity index (χ1) is 13.1. The van der Waals surface area contributed by atoms with Gasteiger partial charge in [-0.15, -0.1) is 0 Å². The van der Waals surface area contributed by atoms with Crippen molar-refractivity contribution in [2.24, 2.45) is 5.14 Å². The van der Waals surface area contributed by atoms with Crippen molar-refractivity contribution in [1.82, 2.24) is 9.78 Å². The SMILES string of the molecule is Cc1nn(Cc2ccc(C(=O)Nc3ccc(S(N)(=O)=O)cc3)cc2)c(C)c1Br. The molecule has 0 unspecified atom stereocenters. The van der Waals surface area contributed by atoms with E-state index in [2.05, 4.69) is 26.3 Å². The molecule has 7 nitrogen and oxygen atoms in total. The Hall–Kier alpha value is -2.49. The highest BCUT2D eigenvalue weighted by molar-refractivity contribution is 9.10. The van der Waals surface area contributed by atoms with Crippen molar-refractivity contribution in [3.63, 3.8) is 0 Å². The van der Waals surface area contributed by atoms with Gasteiger partial charge >= 0.3 is 0 Å². The summed E-state index contributed by atoms with van der Waals surface area (Å²) in [6.45, 7) is 4.54. The van der Waals surface area contributed by atoms with Gasteiger partial charge in [0.1, 0.15) is 0 Å². The number of anilines is 1. The summed E-state index contributed by atoms with van der Waals surface area (Å²) in [5.74, 6) is -0.288. The highest BCUT2D eigenvalue weighted by atomic mass is 79.9. The molecule has 9 heteroatoms. The van der Waals surface area contributed by atoms with E-state index < -0.39 is 10.0 Å². The largest absolute Gasteiger partial charge is 0.322 e. The first kappa shape index (κ1) is 20.2. The number of primary sulfonamides is 1. The summed E-state index contributed by atoms with van der Waals surface area (Å²) >= 11 is 3.51. The van der Waals surface area contributed by atoms with E-state index in [-0.39, 0.29) is 10.8 Å². The van der Waals surface area contributed by atoms with Gasteiger partial charge in [-0.3, -0.25) is 9.48 Å². The summed E-state index contributed by atoms with van der Waals surface area (Å²) in [6, 6.07) is 12.9. The molecule has 3 N–H and O–H groups in total. The van der Waals surface area contributed by atoms with Gasteiger partial charge in [-0.05, 0) is 71.7 Å². The van der Waals surface area contributed by atoms with Crippen molar-refractivity contribution in [1.29, 1.82) is 0 Å². The standard InChI is InChI=1S/C19H19BrN4O3S/c1-12-18(20)13(2)24(23-12)11-14-3-5-15(6-4-14)19(25)22-16-7-9-17(10-8-16)28(21,26)27/h3-10H,11H2,1-2H3,(H,22,25)(H2,21,26,27). The van der Waals surface area contributed by atoms with E-state index in [4.69, 9.17) is 5.14 Å². The molecule has 1 heterocycles. The van der Waals surface area contributed by atoms with E-state index in [9.17, 15) is 13.2 Å². The molecule has 0 atom stereocenters. The Labute approximate surface area is 171 Å². The van der Waals surface area contributed by atoms with Crippen molar-refractivity contribution >= 4 is 37.5 Å². The number of carbonyl (C=O) groups is 1. The normalized spacial score (nSPS) is 11.4. The number of nitrogens with one attached hydrogen (secondary N) is 1. The average Bonchev–Trinajstić information content (AvgIpc) is 2.89. The molecule has 0 saturated heterocycles. The van der Waals surface area contributed by atoms with Crippen LogP contribution in [-0.2, 0) is 16.6 Å². The quantitative estimate of drug-likeness (QED) is 0.606. The van der Waals surface area contributed by atoms with Crippen LogP contribution in [0, 0.1) is 13.8 Å². The van der Waals surface area contributed by atoms with Gasteiger partial charge in [0.05, 0.1) is 27.3 Å². The Balaban J connectivity index is 1.69. The van der Waals surface area contributed by atoms with Crippen molar-refractivity contribution in [2.45, 2.75) is 25.3 Å². The van der Waals surface area contributed by atoms with Gasteiger partial charge < -0.3 is 5.32 Å². The fraction of sp³-hybridized carbons (Fsp3) is 0.158. The van der Waals surface area contributed by atoms with E-state index in [1.807, 2.05) is 30.7 Å². The van der Waals surface area contributed by atoms with Crippen LogP contribution in [0.5, 0.6) is 0 Å². The summed E-state index contributed by atoms with van der Waals surface area (Å²) in [7, 11) is -3.76. The van der Waals surface area contributed by atoms with E-state index in [1.165, 1.54) is 24.3 Å². The maximum Gasteiger partial charge on any atom is 0.255 e. The summed E-state index contributed by atoms with van der Waals surface area (Å²) in [5, 5.41) is 12.3. The molecule has 3 rings (SSSR count). The number of aromatic nitrogens is 2. The third-order valence-electron chi connectivity index (χ3n) is 4.28. The number of aryl methyl sites for hydroxylation is 1. The molecular formula is C19H19BrN4O3S. The van der Waals surface area contributed by atoms with Crippen LogP contribution in [0.1, 0.15) is 27.3 Å². The van der Waals surface area contributed by atoms with Gasteiger partial charge in [-0.25, -0.2) is 13.6 Å². The zero-order chi connectivity index (χ0) is 20.5. The summed E-state index contributed by atoms with van der Waals surface area (Å²) in [6.07, 6.45) is 0. The fourth-order valence-corrected chi connectivity index (χ4v) is 3.49. The maximum atomic E-state index is 12.4. The van der Waals surface area contributed by atoms with Crippen LogP contribution < -0.4 is 10.5 Å². The molecule has 0 fully saturated rings.